The van der Waals surface area contributed by atoms with Gasteiger partial charge in [-0.05, 0) is 44.5 Å². The summed E-state index contributed by atoms with van der Waals surface area (Å²) in [6.07, 6.45) is -0.694. The smallest absolute Gasteiger partial charge is 0.408 e. The van der Waals surface area contributed by atoms with Crippen LogP contribution in [0.25, 0.3) is 0 Å². The zero-order chi connectivity index (χ0) is 21.8. The van der Waals surface area contributed by atoms with E-state index in [1.807, 2.05) is 19.2 Å². The van der Waals surface area contributed by atoms with E-state index >= 15 is 0 Å². The van der Waals surface area contributed by atoms with Crippen molar-refractivity contribution in [3.63, 3.8) is 0 Å². The summed E-state index contributed by atoms with van der Waals surface area (Å²) in [4.78, 5) is 23.9. The number of rotatable bonds is 7. The van der Waals surface area contributed by atoms with E-state index in [0.717, 1.165) is 0 Å². The van der Waals surface area contributed by atoms with E-state index in [-0.39, 0.29) is 16.6 Å². The second kappa shape index (κ2) is 9.04. The first-order valence-corrected chi connectivity index (χ1v) is 12.4. The van der Waals surface area contributed by atoms with E-state index in [1.165, 1.54) is 0 Å². The van der Waals surface area contributed by atoms with Crippen molar-refractivity contribution in [3.8, 4) is 0 Å². The van der Waals surface area contributed by atoms with E-state index in [1.54, 1.807) is 45.0 Å². The molecule has 158 valence electrons. The van der Waals surface area contributed by atoms with Gasteiger partial charge in [-0.3, -0.25) is 10.1 Å². The van der Waals surface area contributed by atoms with Gasteiger partial charge in [0.25, 0.3) is 6.04 Å². The van der Waals surface area contributed by atoms with E-state index in [2.05, 4.69) is 26.1 Å². The number of nitrogens with zero attached hydrogens (tertiary/aromatic N) is 1. The Morgan fingerprint density at radius 2 is 1.68 bits per heavy atom. The van der Waals surface area contributed by atoms with Crippen LogP contribution < -0.4 is 5.32 Å². The molecule has 1 amide bonds. The first-order valence-electron chi connectivity index (χ1n) is 9.46. The minimum atomic E-state index is -2.19. The number of carbonyl (C=O) groups is 1. The summed E-state index contributed by atoms with van der Waals surface area (Å²) in [6, 6.07) is 6.90. The van der Waals surface area contributed by atoms with Crippen LogP contribution in [0.2, 0.25) is 18.1 Å². The molecule has 1 rings (SSSR count). The zero-order valence-electron chi connectivity index (χ0n) is 18.2. The van der Waals surface area contributed by atoms with Crippen molar-refractivity contribution < 1.29 is 18.9 Å². The maximum absolute atomic E-state index is 12.3. The summed E-state index contributed by atoms with van der Waals surface area (Å²) < 4.78 is 11.4. The number of alkyl carbamates (subject to hydrolysis) is 1. The van der Waals surface area contributed by atoms with E-state index in [0.29, 0.717) is 5.56 Å². The van der Waals surface area contributed by atoms with Crippen molar-refractivity contribution in [2.45, 2.75) is 77.4 Å². The van der Waals surface area contributed by atoms with Gasteiger partial charge < -0.3 is 14.5 Å². The number of benzene rings is 1. The quantitative estimate of drug-likeness (QED) is 0.391. The molecule has 0 heterocycles. The van der Waals surface area contributed by atoms with Crippen LogP contribution in [0.4, 0.5) is 4.79 Å². The number of carbonyl (C=O) groups excluding carboxylic acids is 1. The lowest BCUT2D eigenvalue weighted by molar-refractivity contribution is -0.530. The van der Waals surface area contributed by atoms with Crippen molar-refractivity contribution in [2.24, 2.45) is 0 Å². The average molecular weight is 411 g/mol. The molecule has 0 aliphatic heterocycles. The van der Waals surface area contributed by atoms with Crippen molar-refractivity contribution >= 4 is 14.4 Å². The number of amides is 1. The van der Waals surface area contributed by atoms with Gasteiger partial charge in [0.05, 0.1) is 0 Å². The van der Waals surface area contributed by atoms with E-state index in [4.69, 9.17) is 9.16 Å². The lowest BCUT2D eigenvalue weighted by Gasteiger charge is -2.37. The highest BCUT2D eigenvalue weighted by Gasteiger charge is 2.42. The summed E-state index contributed by atoms with van der Waals surface area (Å²) in [5, 5.41) is 14.5. The molecule has 1 N–H and O–H groups in total. The number of hydrogen-bond acceptors (Lipinski definition) is 5. The summed E-state index contributed by atoms with van der Waals surface area (Å²) in [6.45, 7) is 15.5. The van der Waals surface area contributed by atoms with Crippen LogP contribution in [-0.4, -0.2) is 37.6 Å². The van der Waals surface area contributed by atoms with Gasteiger partial charge in [0, 0.05) is 4.92 Å². The van der Waals surface area contributed by atoms with Gasteiger partial charge in [0.2, 0.25) is 0 Å². The summed E-state index contributed by atoms with van der Waals surface area (Å²) in [5.41, 5.74) is -0.0681. The summed E-state index contributed by atoms with van der Waals surface area (Å²) >= 11 is 0. The fraction of sp³-hybridized carbons (Fsp3) is 0.650. The lowest BCUT2D eigenvalue weighted by Crippen LogP contribution is -2.48. The van der Waals surface area contributed by atoms with Gasteiger partial charge in [-0.15, -0.1) is 0 Å². The normalized spacial score (nSPS) is 14.9. The molecule has 0 aromatic heterocycles. The second-order valence-electron chi connectivity index (χ2n) is 9.46. The average Bonchev–Trinajstić information content (AvgIpc) is 2.51. The third kappa shape index (κ3) is 7.24. The standard InChI is InChI=1S/C20H34N2O5Si/c1-19(2,3)27-18(23)21-17(15-12-10-9-11-13-15)16(22(24)25)14-26-28(7,8)20(4,5)6/h9-13,16-17H,14H2,1-8H3,(H,21,23)/t16-,17+/m1/s1. The molecule has 0 radical (unpaired) electrons. The van der Waals surface area contributed by atoms with Crippen LogP contribution in [0, 0.1) is 10.1 Å². The zero-order valence-corrected chi connectivity index (χ0v) is 19.2. The van der Waals surface area contributed by atoms with Crippen LogP contribution >= 0.6 is 0 Å². The molecule has 1 aromatic rings. The van der Waals surface area contributed by atoms with Gasteiger partial charge in [-0.25, -0.2) is 4.79 Å². The molecule has 2 atom stereocenters. The van der Waals surface area contributed by atoms with E-state index in [9.17, 15) is 14.9 Å². The fourth-order valence-electron chi connectivity index (χ4n) is 2.29. The molecule has 0 aliphatic carbocycles. The van der Waals surface area contributed by atoms with Crippen molar-refractivity contribution in [1.82, 2.24) is 5.32 Å². The van der Waals surface area contributed by atoms with Crippen molar-refractivity contribution in [1.29, 1.82) is 0 Å². The van der Waals surface area contributed by atoms with Crippen LogP contribution in [0.3, 0.4) is 0 Å². The lowest BCUT2D eigenvalue weighted by atomic mass is 10.0. The molecule has 0 aliphatic rings. The molecule has 0 unspecified atom stereocenters. The third-order valence-electron chi connectivity index (χ3n) is 4.91. The largest absolute Gasteiger partial charge is 0.444 e. The van der Waals surface area contributed by atoms with Crippen molar-refractivity contribution in [3.05, 3.63) is 46.0 Å². The molecule has 0 saturated heterocycles. The minimum Gasteiger partial charge on any atom is -0.444 e. The number of ether oxygens (including phenoxy) is 1. The van der Waals surface area contributed by atoms with Crippen LogP contribution in [0.15, 0.2) is 30.3 Å². The molecule has 8 heteroatoms. The highest BCUT2D eigenvalue weighted by molar-refractivity contribution is 6.74. The van der Waals surface area contributed by atoms with Gasteiger partial charge in [0.1, 0.15) is 18.2 Å². The molecule has 0 saturated carbocycles. The molecular formula is C20H34N2O5Si. The Balaban J connectivity index is 3.13. The molecule has 28 heavy (non-hydrogen) atoms. The number of hydrogen-bond donors (Lipinski definition) is 1. The Hall–Kier alpha value is -1.93. The monoisotopic (exact) mass is 410 g/mol. The summed E-state index contributed by atoms with van der Waals surface area (Å²) in [7, 11) is -2.19. The first-order chi connectivity index (χ1) is 12.6. The Kier molecular flexibility index (Phi) is 7.79. The third-order valence-corrected chi connectivity index (χ3v) is 9.41. The maximum Gasteiger partial charge on any atom is 0.408 e. The summed E-state index contributed by atoms with van der Waals surface area (Å²) in [5.74, 6) is 0. The Labute approximate surface area is 169 Å². The first kappa shape index (κ1) is 24.1. The van der Waals surface area contributed by atoms with Gasteiger partial charge in [0.15, 0.2) is 8.32 Å². The minimum absolute atomic E-state index is 0.0744. The molecule has 0 bridgehead atoms. The van der Waals surface area contributed by atoms with Crippen molar-refractivity contribution in [2.75, 3.05) is 6.61 Å². The van der Waals surface area contributed by atoms with E-state index < -0.39 is 32.1 Å². The highest BCUT2D eigenvalue weighted by atomic mass is 28.4. The highest BCUT2D eigenvalue weighted by Crippen LogP contribution is 2.37. The number of nitrogens with one attached hydrogen (secondary N) is 1. The molecule has 0 fully saturated rings. The Morgan fingerprint density at radius 1 is 1.14 bits per heavy atom. The van der Waals surface area contributed by atoms with Gasteiger partial charge in [-0.1, -0.05) is 51.1 Å². The second-order valence-corrected chi connectivity index (χ2v) is 14.3. The molecule has 1 aromatic carbocycles. The van der Waals surface area contributed by atoms with Crippen LogP contribution in [0.5, 0.6) is 0 Å². The maximum atomic E-state index is 12.3. The topological polar surface area (TPSA) is 90.7 Å². The molecule has 0 spiro atoms. The Bertz CT molecular complexity index is 665. The Morgan fingerprint density at radius 3 is 2.11 bits per heavy atom. The fourth-order valence-corrected chi connectivity index (χ4v) is 3.31. The number of nitro groups is 1. The SMILES string of the molecule is CC(C)(C)OC(=O)N[C@@H](c1ccccc1)[C@@H](CO[Si](C)(C)C(C)(C)C)[N+](=O)[O-]. The predicted octanol–water partition coefficient (Wildman–Crippen LogP) is 4.92. The molecular weight excluding hydrogens is 376 g/mol. The van der Waals surface area contributed by atoms with Gasteiger partial charge >= 0.3 is 6.09 Å². The van der Waals surface area contributed by atoms with Crippen LogP contribution in [0.1, 0.15) is 53.1 Å². The van der Waals surface area contributed by atoms with Crippen LogP contribution in [-0.2, 0) is 9.16 Å². The predicted molar refractivity (Wildman–Crippen MR) is 112 cm³/mol. The van der Waals surface area contributed by atoms with Gasteiger partial charge in [-0.2, -0.15) is 0 Å². The molecule has 7 nitrogen and oxygen atoms in total.